The first kappa shape index (κ1) is 12.2. The number of aromatic nitrogens is 1. The molecule has 2 rings (SSSR count). The first-order valence-corrected chi connectivity index (χ1v) is 5.52. The average Bonchev–Trinajstić information content (AvgIpc) is 2.36. The van der Waals surface area contributed by atoms with Gasteiger partial charge in [-0.15, -0.1) is 0 Å². The number of nitrogen functional groups attached to an aromatic ring is 1. The third-order valence-corrected chi connectivity index (χ3v) is 2.20. The van der Waals surface area contributed by atoms with Crippen LogP contribution in [-0.2, 0) is 0 Å². The first-order chi connectivity index (χ1) is 8.70. The molecule has 1 aromatic carbocycles. The molecule has 5 heteroatoms. The second-order valence-electron chi connectivity index (χ2n) is 3.51. The Kier molecular flexibility index (Phi) is 3.62. The van der Waals surface area contributed by atoms with E-state index in [1.165, 1.54) is 12.1 Å². The van der Waals surface area contributed by atoms with Crippen LogP contribution in [0, 0.1) is 5.82 Å². The highest BCUT2D eigenvalue weighted by molar-refractivity contribution is 5.49. The zero-order chi connectivity index (χ0) is 13.0. The number of para-hydroxylation sites is 1. The van der Waals surface area contributed by atoms with Crippen molar-refractivity contribution in [3.05, 3.63) is 42.2 Å². The van der Waals surface area contributed by atoms with Gasteiger partial charge in [0.1, 0.15) is 0 Å². The van der Waals surface area contributed by atoms with Gasteiger partial charge >= 0.3 is 0 Å². The second-order valence-corrected chi connectivity index (χ2v) is 3.51. The maximum absolute atomic E-state index is 13.4. The Balaban J connectivity index is 2.24. The van der Waals surface area contributed by atoms with Crippen molar-refractivity contribution < 1.29 is 13.9 Å². The van der Waals surface area contributed by atoms with Gasteiger partial charge in [-0.1, -0.05) is 12.1 Å². The van der Waals surface area contributed by atoms with Crippen molar-refractivity contribution in [2.45, 2.75) is 6.92 Å². The molecule has 0 amide bonds. The molecule has 4 nitrogen and oxygen atoms in total. The van der Waals surface area contributed by atoms with E-state index in [4.69, 9.17) is 15.2 Å². The summed E-state index contributed by atoms with van der Waals surface area (Å²) >= 11 is 0. The van der Waals surface area contributed by atoms with Crippen molar-refractivity contribution in [2.24, 2.45) is 0 Å². The van der Waals surface area contributed by atoms with Gasteiger partial charge in [-0.2, -0.15) is 4.98 Å². The highest BCUT2D eigenvalue weighted by Crippen LogP contribution is 2.27. The van der Waals surface area contributed by atoms with E-state index in [-0.39, 0.29) is 17.5 Å². The summed E-state index contributed by atoms with van der Waals surface area (Å²) in [6, 6.07) is 9.27. The summed E-state index contributed by atoms with van der Waals surface area (Å²) in [7, 11) is 0. The Bertz CT molecular complexity index is 546. The van der Waals surface area contributed by atoms with E-state index in [0.717, 1.165) is 0 Å². The van der Waals surface area contributed by atoms with Crippen molar-refractivity contribution in [1.82, 2.24) is 4.98 Å². The normalized spacial score (nSPS) is 10.1. The number of rotatable bonds is 4. The van der Waals surface area contributed by atoms with Gasteiger partial charge in [-0.25, -0.2) is 4.39 Å². The van der Waals surface area contributed by atoms with Crippen LogP contribution in [0.25, 0.3) is 0 Å². The predicted octanol–water partition coefficient (Wildman–Crippen LogP) is 2.99. The number of hydrogen-bond acceptors (Lipinski definition) is 4. The van der Waals surface area contributed by atoms with Crippen molar-refractivity contribution in [1.29, 1.82) is 0 Å². The molecule has 1 heterocycles. The lowest BCUT2D eigenvalue weighted by Crippen LogP contribution is -2.00. The van der Waals surface area contributed by atoms with Crippen LogP contribution >= 0.6 is 0 Å². The SMILES string of the molecule is CCOc1nc(Oc2ccccc2F)ccc1N. The van der Waals surface area contributed by atoms with Gasteiger partial charge < -0.3 is 15.2 Å². The zero-order valence-corrected chi connectivity index (χ0v) is 9.89. The topological polar surface area (TPSA) is 57.4 Å². The molecular weight excluding hydrogens is 235 g/mol. The van der Waals surface area contributed by atoms with Crippen LogP contribution in [0.2, 0.25) is 0 Å². The number of halogens is 1. The van der Waals surface area contributed by atoms with E-state index in [1.807, 2.05) is 6.92 Å². The molecule has 0 aliphatic heterocycles. The van der Waals surface area contributed by atoms with Crippen LogP contribution in [0.1, 0.15) is 6.92 Å². The minimum Gasteiger partial charge on any atom is -0.476 e. The molecule has 0 radical (unpaired) electrons. The largest absolute Gasteiger partial charge is 0.476 e. The van der Waals surface area contributed by atoms with E-state index in [2.05, 4.69) is 4.98 Å². The number of ether oxygens (including phenoxy) is 2. The number of nitrogens with two attached hydrogens (primary N) is 1. The van der Waals surface area contributed by atoms with Gasteiger partial charge in [0.2, 0.25) is 11.8 Å². The van der Waals surface area contributed by atoms with Gasteiger partial charge in [-0.3, -0.25) is 0 Å². The summed E-state index contributed by atoms with van der Waals surface area (Å²) in [4.78, 5) is 4.06. The van der Waals surface area contributed by atoms with Crippen molar-refractivity contribution in [3.63, 3.8) is 0 Å². The number of hydrogen-bond donors (Lipinski definition) is 1. The molecule has 0 unspecified atom stereocenters. The van der Waals surface area contributed by atoms with Gasteiger partial charge in [-0.05, 0) is 25.1 Å². The molecule has 0 saturated heterocycles. The van der Waals surface area contributed by atoms with E-state index >= 15 is 0 Å². The summed E-state index contributed by atoms with van der Waals surface area (Å²) in [6.07, 6.45) is 0. The molecule has 0 fully saturated rings. The van der Waals surface area contributed by atoms with Gasteiger partial charge in [0.15, 0.2) is 11.6 Å². The molecule has 0 aliphatic rings. The lowest BCUT2D eigenvalue weighted by atomic mass is 10.3. The fourth-order valence-electron chi connectivity index (χ4n) is 1.38. The van der Waals surface area contributed by atoms with Gasteiger partial charge in [0, 0.05) is 6.07 Å². The highest BCUT2D eigenvalue weighted by Gasteiger charge is 2.08. The summed E-state index contributed by atoms with van der Waals surface area (Å²) < 4.78 is 24.0. The van der Waals surface area contributed by atoms with Crippen LogP contribution in [-0.4, -0.2) is 11.6 Å². The van der Waals surface area contributed by atoms with Crippen molar-refractivity contribution >= 4 is 5.69 Å². The summed E-state index contributed by atoms with van der Waals surface area (Å²) in [6.45, 7) is 2.27. The molecule has 0 bridgehead atoms. The Hall–Kier alpha value is -2.30. The standard InChI is InChI=1S/C13H13FN2O2/c1-2-17-13-10(15)7-8-12(16-13)18-11-6-4-3-5-9(11)14/h3-8H,2,15H2,1H3. The molecule has 0 spiro atoms. The molecular formula is C13H13FN2O2. The van der Waals surface area contributed by atoms with Crippen molar-refractivity contribution in [2.75, 3.05) is 12.3 Å². The summed E-state index contributed by atoms with van der Waals surface area (Å²) in [5, 5.41) is 0. The molecule has 0 saturated carbocycles. The Morgan fingerprint density at radius 1 is 1.22 bits per heavy atom. The Morgan fingerprint density at radius 2 is 2.00 bits per heavy atom. The van der Waals surface area contributed by atoms with Crippen LogP contribution in [0.5, 0.6) is 17.5 Å². The zero-order valence-electron chi connectivity index (χ0n) is 9.89. The summed E-state index contributed by atoms with van der Waals surface area (Å²) in [5.41, 5.74) is 6.10. The van der Waals surface area contributed by atoms with Crippen LogP contribution in [0.4, 0.5) is 10.1 Å². The smallest absolute Gasteiger partial charge is 0.240 e. The number of anilines is 1. The second kappa shape index (κ2) is 5.35. The predicted molar refractivity (Wildman–Crippen MR) is 66.3 cm³/mol. The first-order valence-electron chi connectivity index (χ1n) is 5.52. The third kappa shape index (κ3) is 2.68. The Labute approximate surface area is 104 Å². The minimum absolute atomic E-state index is 0.109. The maximum Gasteiger partial charge on any atom is 0.240 e. The third-order valence-electron chi connectivity index (χ3n) is 2.20. The number of pyridine rings is 1. The van der Waals surface area contributed by atoms with E-state index in [1.54, 1.807) is 24.3 Å². The fraction of sp³-hybridized carbons (Fsp3) is 0.154. The number of nitrogens with zero attached hydrogens (tertiary/aromatic N) is 1. The van der Waals surface area contributed by atoms with Crippen LogP contribution in [0.15, 0.2) is 36.4 Å². The maximum atomic E-state index is 13.4. The van der Waals surface area contributed by atoms with Gasteiger partial charge in [0.05, 0.1) is 12.3 Å². The van der Waals surface area contributed by atoms with E-state index in [9.17, 15) is 4.39 Å². The molecule has 0 atom stereocenters. The summed E-state index contributed by atoms with van der Waals surface area (Å²) in [5.74, 6) is 0.176. The molecule has 2 aromatic rings. The van der Waals surface area contributed by atoms with Crippen LogP contribution in [0.3, 0.4) is 0 Å². The number of benzene rings is 1. The fourth-order valence-corrected chi connectivity index (χ4v) is 1.38. The monoisotopic (exact) mass is 248 g/mol. The van der Waals surface area contributed by atoms with Crippen molar-refractivity contribution in [3.8, 4) is 17.5 Å². The lowest BCUT2D eigenvalue weighted by molar-refractivity contribution is 0.322. The van der Waals surface area contributed by atoms with Crippen LogP contribution < -0.4 is 15.2 Å². The molecule has 1 aromatic heterocycles. The molecule has 0 aliphatic carbocycles. The molecule has 94 valence electrons. The molecule has 2 N–H and O–H groups in total. The van der Waals surface area contributed by atoms with Gasteiger partial charge in [0.25, 0.3) is 0 Å². The van der Waals surface area contributed by atoms with E-state index in [0.29, 0.717) is 12.3 Å². The minimum atomic E-state index is -0.450. The molecule has 18 heavy (non-hydrogen) atoms. The highest BCUT2D eigenvalue weighted by atomic mass is 19.1. The quantitative estimate of drug-likeness (QED) is 0.903. The van der Waals surface area contributed by atoms with E-state index < -0.39 is 5.82 Å². The Morgan fingerprint density at radius 3 is 2.72 bits per heavy atom. The average molecular weight is 248 g/mol. The lowest BCUT2D eigenvalue weighted by Gasteiger charge is -2.09.